The van der Waals surface area contributed by atoms with Crippen molar-refractivity contribution < 1.29 is 18.3 Å². The lowest BCUT2D eigenvalue weighted by atomic mass is 9.86. The normalized spacial score (nSPS) is 14.5. The molecule has 1 N–H and O–H groups in total. The van der Waals surface area contributed by atoms with Gasteiger partial charge in [0.25, 0.3) is 10.0 Å². The van der Waals surface area contributed by atoms with Crippen LogP contribution in [0.4, 0.5) is 17.1 Å². The first-order valence-corrected chi connectivity index (χ1v) is 13.1. The molecule has 35 heavy (non-hydrogen) atoms. The number of hydrogen-bond donors (Lipinski definition) is 1. The summed E-state index contributed by atoms with van der Waals surface area (Å²) >= 11 is 12.2. The fraction of sp³-hybridized carbons (Fsp3) is 0.280. The zero-order chi connectivity index (χ0) is 25.5. The number of halogens is 2. The zero-order valence-electron chi connectivity index (χ0n) is 19.4. The molecule has 2 aromatic carbocycles. The molecule has 1 aliphatic rings. The van der Waals surface area contributed by atoms with Crippen LogP contribution in [0.2, 0.25) is 10.0 Å². The number of carboxylic acids is 1. The van der Waals surface area contributed by atoms with Gasteiger partial charge in [-0.2, -0.15) is 0 Å². The van der Waals surface area contributed by atoms with Gasteiger partial charge in [0.1, 0.15) is 6.04 Å². The molecule has 0 saturated carbocycles. The van der Waals surface area contributed by atoms with E-state index in [9.17, 15) is 18.3 Å². The van der Waals surface area contributed by atoms with Crippen molar-refractivity contribution in [2.24, 2.45) is 5.41 Å². The second-order valence-electron chi connectivity index (χ2n) is 9.43. The molecular weight excluding hydrogens is 509 g/mol. The van der Waals surface area contributed by atoms with Crippen molar-refractivity contribution in [3.63, 3.8) is 0 Å². The van der Waals surface area contributed by atoms with Crippen molar-refractivity contribution in [2.75, 3.05) is 15.7 Å². The maximum Gasteiger partial charge on any atom is 0.328 e. The number of benzene rings is 2. The molecule has 7 nitrogen and oxygen atoms in total. The molecule has 184 valence electrons. The van der Waals surface area contributed by atoms with Gasteiger partial charge in [-0.05, 0) is 65.9 Å². The van der Waals surface area contributed by atoms with E-state index in [0.29, 0.717) is 13.0 Å². The first-order chi connectivity index (χ1) is 16.4. The number of carbonyl (C=O) groups is 1. The van der Waals surface area contributed by atoms with Crippen LogP contribution in [0.25, 0.3) is 0 Å². The Labute approximate surface area is 215 Å². The SMILES string of the molecule is CC(C)(C)C(C(=O)O)N(c1ccc2c(c1)CCN2c1ccncc1)S(=O)(=O)c1cc(Cl)cc(Cl)c1. The van der Waals surface area contributed by atoms with Crippen LogP contribution >= 0.6 is 23.2 Å². The van der Waals surface area contributed by atoms with Crippen LogP contribution in [0.15, 0.2) is 65.8 Å². The molecule has 1 unspecified atom stereocenters. The molecule has 1 atom stereocenters. The van der Waals surface area contributed by atoms with Crippen molar-refractivity contribution in [1.29, 1.82) is 0 Å². The highest BCUT2D eigenvalue weighted by molar-refractivity contribution is 7.93. The number of pyridine rings is 1. The molecule has 0 amide bonds. The van der Waals surface area contributed by atoms with Gasteiger partial charge in [-0.1, -0.05) is 44.0 Å². The Morgan fingerprint density at radius 1 is 1.06 bits per heavy atom. The van der Waals surface area contributed by atoms with Crippen molar-refractivity contribution in [1.82, 2.24) is 4.98 Å². The molecule has 0 radical (unpaired) electrons. The van der Waals surface area contributed by atoms with Crippen molar-refractivity contribution in [2.45, 2.75) is 38.1 Å². The quantitative estimate of drug-likeness (QED) is 0.432. The molecule has 0 spiro atoms. The van der Waals surface area contributed by atoms with Gasteiger partial charge >= 0.3 is 5.97 Å². The molecule has 2 heterocycles. The Balaban J connectivity index is 1.88. The summed E-state index contributed by atoms with van der Waals surface area (Å²) in [6.07, 6.45) is 4.11. The van der Waals surface area contributed by atoms with E-state index >= 15 is 0 Å². The standard InChI is InChI=1S/C25H25Cl2N3O4S/c1-25(2,3)23(24(31)32)30(35(33,34)21-14-17(26)13-18(27)15-21)20-4-5-22-16(12-20)8-11-29(22)19-6-9-28-10-7-19/h4-7,9-10,12-15,23H,8,11H2,1-3H3,(H,31,32). The van der Waals surface area contributed by atoms with Crippen LogP contribution in [-0.4, -0.2) is 37.1 Å². The number of aromatic nitrogens is 1. The predicted octanol–water partition coefficient (Wildman–Crippen LogP) is 5.78. The molecule has 0 fully saturated rings. The van der Waals surface area contributed by atoms with Crippen LogP contribution in [0.1, 0.15) is 26.3 Å². The third kappa shape index (κ3) is 4.96. The maximum atomic E-state index is 13.9. The summed E-state index contributed by atoms with van der Waals surface area (Å²) in [5.41, 5.74) is 2.16. The number of nitrogens with zero attached hydrogens (tertiary/aromatic N) is 3. The van der Waals surface area contributed by atoms with Crippen LogP contribution in [-0.2, 0) is 21.2 Å². The molecular formula is C25H25Cl2N3O4S. The minimum Gasteiger partial charge on any atom is -0.480 e. The first kappa shape index (κ1) is 25.3. The van der Waals surface area contributed by atoms with E-state index in [1.165, 1.54) is 18.2 Å². The Kier molecular flexibility index (Phi) is 6.74. The Bertz CT molecular complexity index is 1350. The summed E-state index contributed by atoms with van der Waals surface area (Å²) in [4.78, 5) is 18.5. The van der Waals surface area contributed by atoms with Crippen molar-refractivity contribution in [3.05, 3.63) is 76.5 Å². The average Bonchev–Trinajstić information content (AvgIpc) is 3.19. The number of anilines is 3. The van der Waals surface area contributed by atoms with E-state index in [2.05, 4.69) is 9.88 Å². The van der Waals surface area contributed by atoms with E-state index < -0.39 is 27.4 Å². The van der Waals surface area contributed by atoms with Gasteiger partial charge in [-0.3, -0.25) is 9.29 Å². The molecule has 1 aliphatic heterocycles. The lowest BCUT2D eigenvalue weighted by Crippen LogP contribution is -2.52. The zero-order valence-corrected chi connectivity index (χ0v) is 21.8. The fourth-order valence-electron chi connectivity index (χ4n) is 4.36. The Morgan fingerprint density at radius 2 is 1.69 bits per heavy atom. The predicted molar refractivity (Wildman–Crippen MR) is 138 cm³/mol. The number of fused-ring (bicyclic) bond motifs is 1. The summed E-state index contributed by atoms with van der Waals surface area (Å²) in [5, 5.41) is 10.5. The Hall–Kier alpha value is -2.81. The highest BCUT2D eigenvalue weighted by Gasteiger charge is 2.44. The van der Waals surface area contributed by atoms with Crippen LogP contribution in [0.3, 0.4) is 0 Å². The van der Waals surface area contributed by atoms with Crippen LogP contribution in [0.5, 0.6) is 0 Å². The molecule has 0 aliphatic carbocycles. The molecule has 0 saturated heterocycles. The van der Waals surface area contributed by atoms with Gasteiger partial charge in [-0.15, -0.1) is 0 Å². The molecule has 1 aromatic heterocycles. The first-order valence-electron chi connectivity index (χ1n) is 10.9. The highest BCUT2D eigenvalue weighted by Crippen LogP contribution is 2.40. The minimum atomic E-state index is -4.35. The topological polar surface area (TPSA) is 90.8 Å². The lowest BCUT2D eigenvalue weighted by molar-refractivity contribution is -0.140. The second kappa shape index (κ2) is 9.33. The fourth-order valence-corrected chi connectivity index (χ4v) is 6.87. The number of rotatable bonds is 6. The van der Waals surface area contributed by atoms with Gasteiger partial charge in [0, 0.05) is 40.4 Å². The van der Waals surface area contributed by atoms with Gasteiger partial charge in [0.05, 0.1) is 10.6 Å². The second-order valence-corrected chi connectivity index (χ2v) is 12.1. The van der Waals surface area contributed by atoms with E-state index in [0.717, 1.165) is 21.2 Å². The van der Waals surface area contributed by atoms with Crippen LogP contribution < -0.4 is 9.21 Å². The summed E-state index contributed by atoms with van der Waals surface area (Å²) in [5.74, 6) is -1.26. The third-order valence-corrected chi connectivity index (χ3v) is 8.08. The molecule has 0 bridgehead atoms. The number of hydrogen-bond acceptors (Lipinski definition) is 5. The molecule has 3 aromatic rings. The number of carboxylic acid groups (broad SMARTS) is 1. The smallest absolute Gasteiger partial charge is 0.328 e. The van der Waals surface area contributed by atoms with Crippen LogP contribution in [0, 0.1) is 5.41 Å². The van der Waals surface area contributed by atoms with Gasteiger partial charge in [0.2, 0.25) is 0 Å². The maximum absolute atomic E-state index is 13.9. The van der Waals surface area contributed by atoms with E-state index in [-0.39, 0.29) is 20.6 Å². The van der Waals surface area contributed by atoms with Crippen molar-refractivity contribution in [3.8, 4) is 0 Å². The monoisotopic (exact) mass is 533 g/mol. The summed E-state index contributed by atoms with van der Waals surface area (Å²) in [6, 6.07) is 11.6. The largest absolute Gasteiger partial charge is 0.480 e. The number of sulfonamides is 1. The average molecular weight is 534 g/mol. The van der Waals surface area contributed by atoms with E-state index in [1.54, 1.807) is 45.3 Å². The van der Waals surface area contributed by atoms with Crippen molar-refractivity contribution >= 4 is 56.3 Å². The van der Waals surface area contributed by atoms with Gasteiger partial charge in [-0.25, -0.2) is 13.2 Å². The molecule has 4 rings (SSSR count). The lowest BCUT2D eigenvalue weighted by Gasteiger charge is -2.38. The van der Waals surface area contributed by atoms with E-state index in [4.69, 9.17) is 23.2 Å². The molecule has 10 heteroatoms. The minimum absolute atomic E-state index is 0.139. The number of aliphatic carboxylic acids is 1. The summed E-state index contributed by atoms with van der Waals surface area (Å²) < 4.78 is 28.9. The summed E-state index contributed by atoms with van der Waals surface area (Å²) in [7, 11) is -4.35. The summed E-state index contributed by atoms with van der Waals surface area (Å²) in [6.45, 7) is 5.79. The highest BCUT2D eigenvalue weighted by atomic mass is 35.5. The van der Waals surface area contributed by atoms with Gasteiger partial charge < -0.3 is 10.0 Å². The van der Waals surface area contributed by atoms with Gasteiger partial charge in [0.15, 0.2) is 0 Å². The third-order valence-electron chi connectivity index (χ3n) is 5.87. The Morgan fingerprint density at radius 3 is 2.26 bits per heavy atom. The van der Waals surface area contributed by atoms with E-state index in [1.807, 2.05) is 18.2 Å².